The van der Waals surface area contributed by atoms with Crippen LogP contribution < -0.4 is 15.0 Å². The summed E-state index contributed by atoms with van der Waals surface area (Å²) in [7, 11) is 0. The van der Waals surface area contributed by atoms with Crippen LogP contribution in [-0.2, 0) is 4.74 Å². The fraction of sp³-hybridized carbons (Fsp3) is 0.435. The molecule has 1 atom stereocenters. The fourth-order valence-electron chi connectivity index (χ4n) is 3.79. The van der Waals surface area contributed by atoms with Crippen molar-refractivity contribution in [2.75, 3.05) is 18.0 Å². The molecule has 1 fully saturated rings. The maximum Gasteiger partial charge on any atom is 0.407 e. The van der Waals surface area contributed by atoms with Crippen LogP contribution in [0.5, 0.6) is 11.5 Å². The summed E-state index contributed by atoms with van der Waals surface area (Å²) in [5.41, 5.74) is 0.268. The lowest BCUT2D eigenvalue weighted by molar-refractivity contribution is -0.384. The Balaban J connectivity index is 1.88. The van der Waals surface area contributed by atoms with Crippen LogP contribution in [0.15, 0.2) is 36.4 Å². The molecule has 0 aromatic heterocycles. The van der Waals surface area contributed by atoms with Gasteiger partial charge in [0.1, 0.15) is 17.0 Å². The molecule has 2 aromatic rings. The standard InChI is InChI=1S/C23H28FN3O5/c1-15-19(31-20-10-6-5-9-17(20)24)12-11-18(27(29)30)21(15)26-13-7-8-16(26)14-25-22(28)32-23(2,3)4/h5-6,9-12,16H,7-8,13-14H2,1-4H3,(H,25,28)/t16-/m1/s1. The molecule has 172 valence electrons. The molecule has 1 saturated heterocycles. The average molecular weight is 445 g/mol. The molecule has 1 aliphatic heterocycles. The minimum Gasteiger partial charge on any atom is -0.454 e. The molecule has 2 aromatic carbocycles. The zero-order chi connectivity index (χ0) is 23.5. The summed E-state index contributed by atoms with van der Waals surface area (Å²) in [5, 5.41) is 14.5. The normalized spacial score (nSPS) is 16.0. The zero-order valence-electron chi connectivity index (χ0n) is 18.7. The molecule has 9 heteroatoms. The van der Waals surface area contributed by atoms with Crippen molar-refractivity contribution < 1.29 is 23.6 Å². The van der Waals surface area contributed by atoms with E-state index in [1.54, 1.807) is 39.8 Å². The summed E-state index contributed by atoms with van der Waals surface area (Å²) in [5.74, 6) is -0.145. The van der Waals surface area contributed by atoms with Gasteiger partial charge in [-0.05, 0) is 58.7 Å². The lowest BCUT2D eigenvalue weighted by Crippen LogP contribution is -2.42. The lowest BCUT2D eigenvalue weighted by atomic mass is 10.1. The summed E-state index contributed by atoms with van der Waals surface area (Å²) >= 11 is 0. The fourth-order valence-corrected chi connectivity index (χ4v) is 3.79. The highest BCUT2D eigenvalue weighted by Gasteiger charge is 2.33. The van der Waals surface area contributed by atoms with Gasteiger partial charge < -0.3 is 19.7 Å². The number of benzene rings is 2. The Labute approximate surface area is 186 Å². The van der Waals surface area contributed by atoms with Gasteiger partial charge in [0.05, 0.1) is 4.92 Å². The van der Waals surface area contributed by atoms with E-state index in [9.17, 15) is 19.3 Å². The Morgan fingerprint density at radius 1 is 1.25 bits per heavy atom. The van der Waals surface area contributed by atoms with Crippen molar-refractivity contribution in [3.8, 4) is 11.5 Å². The van der Waals surface area contributed by atoms with Gasteiger partial charge in [0, 0.05) is 30.8 Å². The van der Waals surface area contributed by atoms with Crippen LogP contribution in [0, 0.1) is 22.9 Å². The third-order valence-corrected chi connectivity index (χ3v) is 5.16. The number of carbonyl (C=O) groups is 1. The summed E-state index contributed by atoms with van der Waals surface area (Å²) in [6.07, 6.45) is 1.03. The largest absolute Gasteiger partial charge is 0.454 e. The van der Waals surface area contributed by atoms with Crippen LogP contribution in [0.2, 0.25) is 0 Å². The Kier molecular flexibility index (Phi) is 6.86. The molecule has 1 aliphatic rings. The number of nitrogens with zero attached hydrogens (tertiary/aromatic N) is 2. The molecule has 1 heterocycles. The first-order valence-electron chi connectivity index (χ1n) is 10.5. The molecule has 0 unspecified atom stereocenters. The first kappa shape index (κ1) is 23.3. The van der Waals surface area contributed by atoms with E-state index < -0.39 is 22.4 Å². The molecule has 3 rings (SSSR count). The Bertz CT molecular complexity index is 1010. The smallest absolute Gasteiger partial charge is 0.407 e. The monoisotopic (exact) mass is 445 g/mol. The van der Waals surface area contributed by atoms with Gasteiger partial charge in [0.2, 0.25) is 0 Å². The molecule has 0 aliphatic carbocycles. The number of anilines is 1. The van der Waals surface area contributed by atoms with Gasteiger partial charge in [-0.15, -0.1) is 0 Å². The number of halogens is 1. The number of para-hydroxylation sites is 1. The molecule has 0 spiro atoms. The molecule has 1 N–H and O–H groups in total. The minimum absolute atomic E-state index is 0.0416. The first-order chi connectivity index (χ1) is 15.1. The Hall–Kier alpha value is -3.36. The molecule has 1 amide bonds. The topological polar surface area (TPSA) is 93.9 Å². The highest BCUT2D eigenvalue weighted by Crippen LogP contribution is 2.42. The highest BCUT2D eigenvalue weighted by atomic mass is 19.1. The van der Waals surface area contributed by atoms with Gasteiger partial charge in [-0.1, -0.05) is 12.1 Å². The van der Waals surface area contributed by atoms with Gasteiger partial charge in [-0.3, -0.25) is 10.1 Å². The number of nitrogens with one attached hydrogen (secondary N) is 1. The van der Waals surface area contributed by atoms with Crippen LogP contribution >= 0.6 is 0 Å². The van der Waals surface area contributed by atoms with Crippen LogP contribution in [0.1, 0.15) is 39.2 Å². The third-order valence-electron chi connectivity index (χ3n) is 5.16. The molecule has 32 heavy (non-hydrogen) atoms. The average Bonchev–Trinajstić information content (AvgIpc) is 3.16. The van der Waals surface area contributed by atoms with E-state index in [4.69, 9.17) is 9.47 Å². The number of rotatable bonds is 6. The first-order valence-corrected chi connectivity index (χ1v) is 10.5. The van der Waals surface area contributed by atoms with E-state index in [1.165, 1.54) is 24.3 Å². The third kappa shape index (κ3) is 5.46. The summed E-state index contributed by atoms with van der Waals surface area (Å²) < 4.78 is 25.1. The second-order valence-electron chi connectivity index (χ2n) is 8.72. The maximum atomic E-state index is 14.1. The lowest BCUT2D eigenvalue weighted by Gasteiger charge is -2.29. The van der Waals surface area contributed by atoms with E-state index in [1.807, 2.05) is 4.90 Å². The van der Waals surface area contributed by atoms with Crippen molar-refractivity contribution in [3.05, 3.63) is 57.9 Å². The van der Waals surface area contributed by atoms with Gasteiger partial charge in [-0.25, -0.2) is 9.18 Å². The van der Waals surface area contributed by atoms with Crippen molar-refractivity contribution >= 4 is 17.5 Å². The molecule has 0 bridgehead atoms. The minimum atomic E-state index is -0.618. The van der Waals surface area contributed by atoms with Gasteiger partial charge >= 0.3 is 6.09 Å². The summed E-state index contributed by atoms with van der Waals surface area (Å²) in [6.45, 7) is 7.93. The predicted octanol–water partition coefficient (Wildman–Crippen LogP) is 5.33. The van der Waals surface area contributed by atoms with Gasteiger partial charge in [0.25, 0.3) is 5.69 Å². The van der Waals surface area contributed by atoms with E-state index in [-0.39, 0.29) is 24.0 Å². The van der Waals surface area contributed by atoms with E-state index >= 15 is 0 Å². The van der Waals surface area contributed by atoms with Crippen LogP contribution in [0.3, 0.4) is 0 Å². The highest BCUT2D eigenvalue weighted by molar-refractivity contribution is 5.73. The number of amides is 1. The van der Waals surface area contributed by atoms with Crippen molar-refractivity contribution in [3.63, 3.8) is 0 Å². The number of alkyl carbamates (subject to hydrolysis) is 1. The number of hydrogen-bond donors (Lipinski definition) is 1. The zero-order valence-corrected chi connectivity index (χ0v) is 18.7. The van der Waals surface area contributed by atoms with Gasteiger partial charge in [0.15, 0.2) is 11.6 Å². The molecule has 8 nitrogen and oxygen atoms in total. The van der Waals surface area contributed by atoms with Crippen molar-refractivity contribution in [1.82, 2.24) is 5.32 Å². The van der Waals surface area contributed by atoms with Crippen LogP contribution in [-0.4, -0.2) is 35.7 Å². The molecule has 0 saturated carbocycles. The van der Waals surface area contributed by atoms with Crippen LogP contribution in [0.25, 0.3) is 0 Å². The second kappa shape index (κ2) is 9.42. The number of ether oxygens (including phenoxy) is 2. The molecule has 0 radical (unpaired) electrons. The van der Waals surface area contributed by atoms with E-state index in [2.05, 4.69) is 5.32 Å². The maximum absolute atomic E-state index is 14.1. The molecular weight excluding hydrogens is 417 g/mol. The molecular formula is C23H28FN3O5. The van der Waals surface area contributed by atoms with Crippen molar-refractivity contribution in [2.24, 2.45) is 0 Å². The second-order valence-corrected chi connectivity index (χ2v) is 8.72. The summed E-state index contributed by atoms with van der Waals surface area (Å²) in [4.78, 5) is 25.3. The van der Waals surface area contributed by atoms with Crippen molar-refractivity contribution in [2.45, 2.75) is 52.2 Å². The number of nitro benzene ring substituents is 1. The number of nitro groups is 1. The van der Waals surface area contributed by atoms with E-state index in [0.717, 1.165) is 12.8 Å². The summed E-state index contributed by atoms with van der Waals surface area (Å²) in [6, 6.07) is 8.70. The number of carbonyl (C=O) groups excluding carboxylic acids is 1. The Morgan fingerprint density at radius 3 is 2.62 bits per heavy atom. The van der Waals surface area contributed by atoms with E-state index in [0.29, 0.717) is 23.5 Å². The Morgan fingerprint density at radius 2 is 1.97 bits per heavy atom. The number of hydrogen-bond acceptors (Lipinski definition) is 6. The SMILES string of the molecule is Cc1c(Oc2ccccc2F)ccc([N+](=O)[O-])c1N1CCC[C@@H]1CNC(=O)OC(C)(C)C. The van der Waals surface area contributed by atoms with Crippen molar-refractivity contribution in [1.29, 1.82) is 0 Å². The van der Waals surface area contributed by atoms with Crippen LogP contribution in [0.4, 0.5) is 20.6 Å². The van der Waals surface area contributed by atoms with Gasteiger partial charge in [-0.2, -0.15) is 0 Å². The quantitative estimate of drug-likeness (QED) is 0.477. The predicted molar refractivity (Wildman–Crippen MR) is 119 cm³/mol.